The summed E-state index contributed by atoms with van der Waals surface area (Å²) in [5.41, 5.74) is 14.7. The molecule has 0 fully saturated rings. The Morgan fingerprint density at radius 3 is 2.58 bits per heavy atom. The van der Waals surface area contributed by atoms with Crippen molar-refractivity contribution in [3.63, 3.8) is 0 Å². The van der Waals surface area contributed by atoms with E-state index in [1.165, 1.54) is 5.56 Å². The maximum Gasteiger partial charge on any atom is 0.0349 e. The Kier molecular flexibility index (Phi) is 2.71. The molecular weight excluding hydrogens is 148 g/mol. The topological polar surface area (TPSA) is 52.0 Å². The van der Waals surface area contributed by atoms with Gasteiger partial charge in [0.2, 0.25) is 0 Å². The van der Waals surface area contributed by atoms with Gasteiger partial charge in [-0.05, 0) is 37.5 Å². The van der Waals surface area contributed by atoms with Crippen molar-refractivity contribution in [3.05, 3.63) is 29.3 Å². The van der Waals surface area contributed by atoms with Gasteiger partial charge in [0.1, 0.15) is 0 Å². The molecule has 0 bridgehead atoms. The Morgan fingerprint density at radius 1 is 1.42 bits per heavy atom. The van der Waals surface area contributed by atoms with Crippen LogP contribution in [-0.2, 0) is 6.42 Å². The van der Waals surface area contributed by atoms with Crippen LogP contribution < -0.4 is 11.5 Å². The Morgan fingerprint density at radius 2 is 2.08 bits per heavy atom. The summed E-state index contributed by atoms with van der Waals surface area (Å²) < 4.78 is 0. The van der Waals surface area contributed by atoms with Crippen LogP contribution in [0.2, 0.25) is 0 Å². The molecule has 0 aliphatic carbocycles. The van der Waals surface area contributed by atoms with Gasteiger partial charge in [-0.1, -0.05) is 12.1 Å². The van der Waals surface area contributed by atoms with E-state index < -0.39 is 0 Å². The Hall–Kier alpha value is -1.02. The summed E-state index contributed by atoms with van der Waals surface area (Å²) in [6, 6.07) is 6.27. The van der Waals surface area contributed by atoms with Crippen LogP contribution in [0.15, 0.2) is 18.2 Å². The highest BCUT2D eigenvalue weighted by Gasteiger charge is 2.01. The van der Waals surface area contributed by atoms with Crippen LogP contribution in [0.4, 0.5) is 5.69 Å². The van der Waals surface area contributed by atoms with E-state index >= 15 is 0 Å². The number of benzene rings is 1. The first-order chi connectivity index (χ1) is 5.59. The van der Waals surface area contributed by atoms with E-state index in [0.717, 1.165) is 17.7 Å². The molecular formula is C10H16N2. The number of nitrogens with two attached hydrogens (primary N) is 2. The van der Waals surface area contributed by atoms with Crippen molar-refractivity contribution in [1.82, 2.24) is 0 Å². The highest BCUT2D eigenvalue weighted by Crippen LogP contribution is 2.14. The van der Waals surface area contributed by atoms with E-state index in [4.69, 9.17) is 11.5 Å². The predicted octanol–water partition coefficient (Wildman–Crippen LogP) is 1.47. The standard InChI is InChI=1S/C10H16N2/c1-7-3-4-9(6-8(2)11)10(12)5-7/h3-5,8H,6,11-12H2,1-2H3. The fourth-order valence-corrected chi connectivity index (χ4v) is 1.25. The molecule has 2 nitrogen and oxygen atoms in total. The zero-order chi connectivity index (χ0) is 9.14. The van der Waals surface area contributed by atoms with Crippen LogP contribution in [0.25, 0.3) is 0 Å². The van der Waals surface area contributed by atoms with Crippen molar-refractivity contribution in [1.29, 1.82) is 0 Å². The van der Waals surface area contributed by atoms with Crippen molar-refractivity contribution in [2.24, 2.45) is 5.73 Å². The van der Waals surface area contributed by atoms with Crippen molar-refractivity contribution in [2.45, 2.75) is 26.3 Å². The Labute approximate surface area is 73.6 Å². The highest BCUT2D eigenvalue weighted by atomic mass is 14.6. The Balaban J connectivity index is 2.86. The van der Waals surface area contributed by atoms with E-state index in [0.29, 0.717) is 0 Å². The summed E-state index contributed by atoms with van der Waals surface area (Å²) in [6.07, 6.45) is 0.853. The molecule has 2 heteroatoms. The summed E-state index contributed by atoms with van der Waals surface area (Å²) in [5, 5.41) is 0. The second-order valence-corrected chi connectivity index (χ2v) is 3.38. The highest BCUT2D eigenvalue weighted by molar-refractivity contribution is 5.49. The van der Waals surface area contributed by atoms with Crippen molar-refractivity contribution < 1.29 is 0 Å². The minimum absolute atomic E-state index is 0.176. The van der Waals surface area contributed by atoms with E-state index in [2.05, 4.69) is 6.07 Å². The molecule has 0 aliphatic heterocycles. The third kappa shape index (κ3) is 2.24. The van der Waals surface area contributed by atoms with Gasteiger partial charge in [-0.2, -0.15) is 0 Å². The van der Waals surface area contributed by atoms with Crippen LogP contribution in [-0.4, -0.2) is 6.04 Å². The second kappa shape index (κ2) is 3.59. The van der Waals surface area contributed by atoms with Crippen molar-refractivity contribution in [3.8, 4) is 0 Å². The molecule has 1 aromatic rings. The minimum Gasteiger partial charge on any atom is -0.398 e. The lowest BCUT2D eigenvalue weighted by atomic mass is 10.0. The average Bonchev–Trinajstić information content (AvgIpc) is 1.94. The number of anilines is 1. The van der Waals surface area contributed by atoms with Crippen LogP contribution in [0.3, 0.4) is 0 Å². The molecule has 0 saturated carbocycles. The summed E-state index contributed by atoms with van der Waals surface area (Å²) in [7, 11) is 0. The third-order valence-electron chi connectivity index (χ3n) is 1.84. The van der Waals surface area contributed by atoms with Crippen molar-refractivity contribution in [2.75, 3.05) is 5.73 Å². The normalized spacial score (nSPS) is 12.9. The molecule has 0 saturated heterocycles. The number of rotatable bonds is 2. The zero-order valence-electron chi connectivity index (χ0n) is 7.67. The van der Waals surface area contributed by atoms with Crippen molar-refractivity contribution >= 4 is 5.69 Å². The van der Waals surface area contributed by atoms with Crippen LogP contribution in [0.1, 0.15) is 18.1 Å². The molecule has 0 aromatic heterocycles. The summed E-state index contributed by atoms with van der Waals surface area (Å²) in [6.45, 7) is 4.02. The zero-order valence-corrected chi connectivity index (χ0v) is 7.67. The minimum atomic E-state index is 0.176. The fourth-order valence-electron chi connectivity index (χ4n) is 1.25. The third-order valence-corrected chi connectivity index (χ3v) is 1.84. The maximum absolute atomic E-state index is 5.81. The molecule has 12 heavy (non-hydrogen) atoms. The fraction of sp³-hybridized carbons (Fsp3) is 0.400. The summed E-state index contributed by atoms with van der Waals surface area (Å²) in [4.78, 5) is 0. The van der Waals surface area contributed by atoms with Gasteiger partial charge in [0, 0.05) is 11.7 Å². The number of nitrogen functional groups attached to an aromatic ring is 1. The largest absolute Gasteiger partial charge is 0.398 e. The quantitative estimate of drug-likeness (QED) is 0.650. The molecule has 4 N–H and O–H groups in total. The molecule has 0 spiro atoms. The molecule has 0 aliphatic rings. The predicted molar refractivity (Wildman–Crippen MR) is 52.9 cm³/mol. The molecule has 0 amide bonds. The number of hydrogen-bond donors (Lipinski definition) is 2. The molecule has 1 aromatic carbocycles. The van der Waals surface area contributed by atoms with Gasteiger partial charge in [-0.25, -0.2) is 0 Å². The second-order valence-electron chi connectivity index (χ2n) is 3.38. The number of hydrogen-bond acceptors (Lipinski definition) is 2. The SMILES string of the molecule is Cc1ccc(CC(C)N)c(N)c1. The van der Waals surface area contributed by atoms with Gasteiger partial charge in [0.15, 0.2) is 0 Å². The van der Waals surface area contributed by atoms with Crippen LogP contribution in [0, 0.1) is 6.92 Å². The first kappa shape index (κ1) is 9.07. The smallest absolute Gasteiger partial charge is 0.0349 e. The molecule has 0 heterocycles. The molecule has 66 valence electrons. The molecule has 1 atom stereocenters. The van der Waals surface area contributed by atoms with Crippen LogP contribution >= 0.6 is 0 Å². The summed E-state index contributed by atoms with van der Waals surface area (Å²) >= 11 is 0. The number of aryl methyl sites for hydroxylation is 1. The van der Waals surface area contributed by atoms with Gasteiger partial charge in [-0.3, -0.25) is 0 Å². The van der Waals surface area contributed by atoms with E-state index in [-0.39, 0.29) is 6.04 Å². The maximum atomic E-state index is 5.81. The Bertz CT molecular complexity index is 267. The van der Waals surface area contributed by atoms with Gasteiger partial charge in [-0.15, -0.1) is 0 Å². The van der Waals surface area contributed by atoms with Crippen LogP contribution in [0.5, 0.6) is 0 Å². The first-order valence-electron chi connectivity index (χ1n) is 4.20. The molecule has 1 unspecified atom stereocenters. The van der Waals surface area contributed by atoms with Gasteiger partial charge < -0.3 is 11.5 Å². The van der Waals surface area contributed by atoms with E-state index in [9.17, 15) is 0 Å². The molecule has 1 rings (SSSR count). The average molecular weight is 164 g/mol. The van der Waals surface area contributed by atoms with E-state index in [1.807, 2.05) is 26.0 Å². The lowest BCUT2D eigenvalue weighted by Gasteiger charge is -2.08. The summed E-state index contributed by atoms with van der Waals surface area (Å²) in [5.74, 6) is 0. The lowest BCUT2D eigenvalue weighted by Crippen LogP contribution is -2.18. The van der Waals surface area contributed by atoms with E-state index in [1.54, 1.807) is 0 Å². The lowest BCUT2D eigenvalue weighted by molar-refractivity contribution is 0.739. The van der Waals surface area contributed by atoms with Gasteiger partial charge in [0.25, 0.3) is 0 Å². The monoisotopic (exact) mass is 164 g/mol. The first-order valence-corrected chi connectivity index (χ1v) is 4.20. The molecule has 0 radical (unpaired) electrons. The van der Waals surface area contributed by atoms with Gasteiger partial charge >= 0.3 is 0 Å². The van der Waals surface area contributed by atoms with Gasteiger partial charge in [0.05, 0.1) is 0 Å².